The van der Waals surface area contributed by atoms with Crippen LogP contribution in [0.5, 0.6) is 0 Å². The van der Waals surface area contributed by atoms with Crippen LogP contribution in [0.4, 0.5) is 5.13 Å². The molecule has 134 valence electrons. The Labute approximate surface area is 147 Å². The Morgan fingerprint density at radius 1 is 1.32 bits per heavy atom. The van der Waals surface area contributed by atoms with E-state index in [9.17, 15) is 14.4 Å². The van der Waals surface area contributed by atoms with E-state index in [1.165, 1.54) is 16.2 Å². The van der Waals surface area contributed by atoms with Gasteiger partial charge in [0.15, 0.2) is 0 Å². The van der Waals surface area contributed by atoms with Crippen LogP contribution in [0.2, 0.25) is 0 Å². The number of hydrogen-bond donors (Lipinski definition) is 2. The fourth-order valence-corrected chi connectivity index (χ4v) is 3.52. The van der Waals surface area contributed by atoms with E-state index in [1.54, 1.807) is 11.5 Å². The molecule has 0 aliphatic carbocycles. The lowest BCUT2D eigenvalue weighted by molar-refractivity contribution is -0.143. The van der Waals surface area contributed by atoms with Gasteiger partial charge < -0.3 is 4.90 Å². The van der Waals surface area contributed by atoms with Crippen molar-refractivity contribution in [2.75, 3.05) is 18.4 Å². The molecule has 0 spiro atoms. The average Bonchev–Trinajstić information content (AvgIpc) is 3.19. The molecular formula is C14H19N7O3S. The number of amides is 2. The highest BCUT2D eigenvalue weighted by molar-refractivity contribution is 7.15. The fourth-order valence-electron chi connectivity index (χ4n) is 2.93. The van der Waals surface area contributed by atoms with Crippen molar-refractivity contribution in [2.24, 2.45) is 0 Å². The summed E-state index contributed by atoms with van der Waals surface area (Å²) in [7, 11) is 0. The van der Waals surface area contributed by atoms with E-state index >= 15 is 0 Å². The molecule has 2 N–H and O–H groups in total. The summed E-state index contributed by atoms with van der Waals surface area (Å²) in [6.45, 7) is 5.09. The number of nitrogens with zero attached hydrogens (tertiary/aromatic N) is 5. The number of anilines is 1. The topological polar surface area (TPSA) is 126 Å². The van der Waals surface area contributed by atoms with Crippen LogP contribution in [-0.2, 0) is 16.1 Å². The van der Waals surface area contributed by atoms with Gasteiger partial charge in [0, 0.05) is 25.6 Å². The van der Waals surface area contributed by atoms with Crippen LogP contribution in [0.25, 0.3) is 0 Å². The van der Waals surface area contributed by atoms with Gasteiger partial charge in [-0.1, -0.05) is 11.3 Å². The SMILES string of the molecule is CCn1c(C2CCN(C(=O)C(=O)Nc3nnc(C)s3)CC2)n[nH]c1=O. The fraction of sp³-hybridized carbons (Fsp3) is 0.571. The van der Waals surface area contributed by atoms with Crippen molar-refractivity contribution in [1.82, 2.24) is 29.9 Å². The van der Waals surface area contributed by atoms with Crippen molar-refractivity contribution in [2.45, 2.75) is 39.2 Å². The van der Waals surface area contributed by atoms with Gasteiger partial charge in [-0.25, -0.2) is 9.89 Å². The summed E-state index contributed by atoms with van der Waals surface area (Å²) in [6, 6.07) is 0. The predicted molar refractivity (Wildman–Crippen MR) is 90.4 cm³/mol. The first-order chi connectivity index (χ1) is 12.0. The van der Waals surface area contributed by atoms with Crippen LogP contribution >= 0.6 is 11.3 Å². The van der Waals surface area contributed by atoms with Gasteiger partial charge in [-0.3, -0.25) is 19.5 Å². The molecule has 0 atom stereocenters. The lowest BCUT2D eigenvalue weighted by Gasteiger charge is -2.30. The average molecular weight is 365 g/mol. The zero-order valence-electron chi connectivity index (χ0n) is 14.0. The van der Waals surface area contributed by atoms with E-state index in [0.717, 1.165) is 0 Å². The zero-order valence-corrected chi connectivity index (χ0v) is 14.8. The van der Waals surface area contributed by atoms with Gasteiger partial charge in [0.25, 0.3) is 0 Å². The van der Waals surface area contributed by atoms with Crippen LogP contribution in [-0.4, -0.2) is 54.8 Å². The Kier molecular flexibility index (Phi) is 4.93. The second-order valence-electron chi connectivity index (χ2n) is 5.78. The molecule has 1 aliphatic rings. The number of aryl methyl sites for hydroxylation is 1. The van der Waals surface area contributed by atoms with Gasteiger partial charge >= 0.3 is 17.5 Å². The highest BCUT2D eigenvalue weighted by Gasteiger charge is 2.30. The Bertz CT molecular complexity index is 832. The summed E-state index contributed by atoms with van der Waals surface area (Å²) in [5.41, 5.74) is -0.220. The molecule has 0 aromatic carbocycles. The standard InChI is InChI=1S/C14H19N7O3S/c1-3-21-10(17-19-14(21)24)9-4-6-20(7-5-9)12(23)11(22)15-13-18-16-8(2)25-13/h9H,3-7H2,1-2H3,(H,19,24)(H,15,18,22). The summed E-state index contributed by atoms with van der Waals surface area (Å²) in [5, 5.41) is 17.6. The van der Waals surface area contributed by atoms with E-state index in [1.807, 2.05) is 6.92 Å². The maximum Gasteiger partial charge on any atom is 0.343 e. The van der Waals surface area contributed by atoms with Crippen molar-refractivity contribution in [3.8, 4) is 0 Å². The number of likely N-dealkylation sites (tertiary alicyclic amines) is 1. The second kappa shape index (κ2) is 7.13. The molecule has 3 rings (SSSR count). The summed E-state index contributed by atoms with van der Waals surface area (Å²) < 4.78 is 1.60. The molecule has 1 fully saturated rings. The van der Waals surface area contributed by atoms with E-state index in [-0.39, 0.29) is 11.6 Å². The van der Waals surface area contributed by atoms with Crippen molar-refractivity contribution < 1.29 is 9.59 Å². The Morgan fingerprint density at radius 3 is 2.64 bits per heavy atom. The number of H-pyrrole nitrogens is 1. The number of carbonyl (C=O) groups is 2. The number of piperidine rings is 1. The Balaban J connectivity index is 1.58. The highest BCUT2D eigenvalue weighted by Crippen LogP contribution is 2.26. The molecule has 10 nitrogen and oxygen atoms in total. The second-order valence-corrected chi connectivity index (χ2v) is 6.96. The maximum absolute atomic E-state index is 12.3. The van der Waals surface area contributed by atoms with Crippen molar-refractivity contribution >= 4 is 28.3 Å². The van der Waals surface area contributed by atoms with Crippen molar-refractivity contribution in [1.29, 1.82) is 0 Å². The molecule has 3 heterocycles. The molecule has 11 heteroatoms. The number of aromatic nitrogens is 5. The lowest BCUT2D eigenvalue weighted by Crippen LogP contribution is -2.44. The minimum atomic E-state index is -0.708. The van der Waals surface area contributed by atoms with E-state index in [2.05, 4.69) is 25.7 Å². The first-order valence-electron chi connectivity index (χ1n) is 8.05. The number of carbonyl (C=O) groups excluding carboxylic acids is 2. The number of rotatable bonds is 3. The number of aromatic amines is 1. The Hall–Kier alpha value is -2.56. The molecule has 2 amide bonds. The van der Waals surface area contributed by atoms with Crippen LogP contribution in [0, 0.1) is 6.92 Å². The molecule has 0 radical (unpaired) electrons. The zero-order chi connectivity index (χ0) is 18.0. The molecule has 1 saturated heterocycles. The van der Waals surface area contributed by atoms with Gasteiger partial charge in [0.05, 0.1) is 0 Å². The molecular weight excluding hydrogens is 346 g/mol. The van der Waals surface area contributed by atoms with Crippen LogP contribution < -0.4 is 11.0 Å². The van der Waals surface area contributed by atoms with Crippen LogP contribution in [0.3, 0.4) is 0 Å². The van der Waals surface area contributed by atoms with Gasteiger partial charge in [0.1, 0.15) is 10.8 Å². The van der Waals surface area contributed by atoms with Crippen LogP contribution in [0.1, 0.15) is 36.5 Å². The third kappa shape index (κ3) is 3.60. The summed E-state index contributed by atoms with van der Waals surface area (Å²) in [5.74, 6) is -0.480. The highest BCUT2D eigenvalue weighted by atomic mass is 32.1. The van der Waals surface area contributed by atoms with Gasteiger partial charge in [-0.2, -0.15) is 5.10 Å². The van der Waals surface area contributed by atoms with Gasteiger partial charge in [0.2, 0.25) is 5.13 Å². The van der Waals surface area contributed by atoms with Gasteiger partial charge in [-0.15, -0.1) is 10.2 Å². The van der Waals surface area contributed by atoms with E-state index in [0.29, 0.717) is 48.4 Å². The largest absolute Gasteiger partial charge is 0.343 e. The van der Waals surface area contributed by atoms with Gasteiger partial charge in [-0.05, 0) is 26.7 Å². The predicted octanol–water partition coefficient (Wildman–Crippen LogP) is 0.0959. The minimum absolute atomic E-state index is 0.0943. The maximum atomic E-state index is 12.3. The smallest absolute Gasteiger partial charge is 0.334 e. The molecule has 0 bridgehead atoms. The summed E-state index contributed by atoms with van der Waals surface area (Å²) in [6.07, 6.45) is 1.31. The monoisotopic (exact) mass is 365 g/mol. The minimum Gasteiger partial charge on any atom is -0.334 e. The molecule has 25 heavy (non-hydrogen) atoms. The van der Waals surface area contributed by atoms with Crippen LogP contribution in [0.15, 0.2) is 4.79 Å². The van der Waals surface area contributed by atoms with E-state index in [4.69, 9.17) is 0 Å². The van der Waals surface area contributed by atoms with E-state index < -0.39 is 11.8 Å². The Morgan fingerprint density at radius 2 is 2.04 bits per heavy atom. The normalized spacial score (nSPS) is 15.4. The number of nitrogens with one attached hydrogen (secondary N) is 2. The quantitative estimate of drug-likeness (QED) is 0.743. The third-order valence-electron chi connectivity index (χ3n) is 4.19. The lowest BCUT2D eigenvalue weighted by atomic mass is 9.96. The first-order valence-corrected chi connectivity index (χ1v) is 8.86. The molecule has 0 unspecified atom stereocenters. The molecule has 2 aromatic rings. The summed E-state index contributed by atoms with van der Waals surface area (Å²) >= 11 is 1.22. The molecule has 1 aliphatic heterocycles. The first kappa shape index (κ1) is 17.3. The molecule has 2 aromatic heterocycles. The third-order valence-corrected chi connectivity index (χ3v) is 4.95. The van der Waals surface area contributed by atoms with Crippen molar-refractivity contribution in [3.05, 3.63) is 21.3 Å². The van der Waals surface area contributed by atoms with Crippen molar-refractivity contribution in [3.63, 3.8) is 0 Å². The number of hydrogen-bond acceptors (Lipinski definition) is 7. The summed E-state index contributed by atoms with van der Waals surface area (Å²) in [4.78, 5) is 37.5. The molecule has 0 saturated carbocycles.